The Morgan fingerprint density at radius 2 is 2.00 bits per heavy atom. The smallest absolute Gasteiger partial charge is 0.257 e. The minimum atomic E-state index is -0.613. The lowest BCUT2D eigenvalue weighted by Crippen LogP contribution is -2.43. The Bertz CT molecular complexity index is 794. The zero-order valence-electron chi connectivity index (χ0n) is 13.9. The molecule has 0 spiro atoms. The number of halogens is 1. The molecule has 0 aliphatic carbocycles. The molecule has 6 heteroatoms. The molecular weight excluding hydrogens is 323 g/mol. The number of ether oxygens (including phenoxy) is 1. The molecule has 1 aliphatic rings. The number of hydrogen-bond donors (Lipinski definition) is 1. The predicted octanol–water partition coefficient (Wildman–Crippen LogP) is 3.08. The van der Waals surface area contributed by atoms with Crippen LogP contribution in [0.25, 0.3) is 0 Å². The lowest BCUT2D eigenvalue weighted by atomic mass is 10.1. The van der Waals surface area contributed by atoms with E-state index in [-0.39, 0.29) is 11.5 Å². The van der Waals surface area contributed by atoms with Gasteiger partial charge in [-0.15, -0.1) is 0 Å². The largest absolute Gasteiger partial charge is 0.497 e. The highest BCUT2D eigenvalue weighted by Gasteiger charge is 2.35. The number of nitrogens with zero attached hydrogens (tertiary/aromatic N) is 1. The van der Waals surface area contributed by atoms with E-state index in [9.17, 15) is 14.0 Å². The average Bonchev–Trinajstić information content (AvgIpc) is 3.11. The number of carbonyl (C=O) groups excluding carboxylic acids is 2. The monoisotopic (exact) mass is 342 g/mol. The summed E-state index contributed by atoms with van der Waals surface area (Å²) in [5, 5.41) is 2.80. The molecule has 0 aromatic heterocycles. The Hall–Kier alpha value is -2.89. The Morgan fingerprint density at radius 3 is 2.76 bits per heavy atom. The van der Waals surface area contributed by atoms with E-state index < -0.39 is 17.8 Å². The van der Waals surface area contributed by atoms with Crippen molar-refractivity contribution in [3.8, 4) is 5.75 Å². The molecule has 2 aromatic carbocycles. The molecule has 0 bridgehead atoms. The first kappa shape index (κ1) is 17.0. The molecule has 25 heavy (non-hydrogen) atoms. The summed E-state index contributed by atoms with van der Waals surface area (Å²) in [6.07, 6.45) is 1.26. The molecule has 1 atom stereocenters. The number of carbonyl (C=O) groups is 2. The van der Waals surface area contributed by atoms with E-state index in [0.29, 0.717) is 30.8 Å². The van der Waals surface area contributed by atoms with Crippen molar-refractivity contribution in [1.82, 2.24) is 4.90 Å². The van der Waals surface area contributed by atoms with Crippen molar-refractivity contribution in [3.05, 3.63) is 59.9 Å². The van der Waals surface area contributed by atoms with Crippen LogP contribution in [0, 0.1) is 5.82 Å². The maximum absolute atomic E-state index is 13.9. The summed E-state index contributed by atoms with van der Waals surface area (Å²) in [7, 11) is 1.55. The Morgan fingerprint density at radius 1 is 1.20 bits per heavy atom. The van der Waals surface area contributed by atoms with Crippen LogP contribution >= 0.6 is 0 Å². The lowest BCUT2D eigenvalue weighted by molar-refractivity contribution is -0.119. The number of rotatable bonds is 4. The molecule has 1 N–H and O–H groups in total. The van der Waals surface area contributed by atoms with Crippen molar-refractivity contribution in [1.29, 1.82) is 0 Å². The Kier molecular flexibility index (Phi) is 4.97. The maximum Gasteiger partial charge on any atom is 0.257 e. The van der Waals surface area contributed by atoms with Gasteiger partial charge in [0.05, 0.1) is 12.7 Å². The summed E-state index contributed by atoms with van der Waals surface area (Å²) in [5.41, 5.74) is 0.582. The molecule has 1 heterocycles. The highest BCUT2D eigenvalue weighted by Crippen LogP contribution is 2.24. The number of amides is 2. The molecule has 3 rings (SSSR count). The van der Waals surface area contributed by atoms with Gasteiger partial charge in [0.2, 0.25) is 5.91 Å². The van der Waals surface area contributed by atoms with Gasteiger partial charge < -0.3 is 15.0 Å². The fourth-order valence-corrected chi connectivity index (χ4v) is 3.00. The number of benzene rings is 2. The summed E-state index contributed by atoms with van der Waals surface area (Å²) in [6, 6.07) is 12.2. The summed E-state index contributed by atoms with van der Waals surface area (Å²) >= 11 is 0. The highest BCUT2D eigenvalue weighted by atomic mass is 19.1. The third-order valence-electron chi connectivity index (χ3n) is 4.26. The van der Waals surface area contributed by atoms with Crippen LogP contribution in [0.2, 0.25) is 0 Å². The molecule has 2 amide bonds. The number of likely N-dealkylation sites (tertiary alicyclic amines) is 1. The van der Waals surface area contributed by atoms with Crippen LogP contribution in [0.4, 0.5) is 10.1 Å². The second kappa shape index (κ2) is 7.34. The first-order valence-electron chi connectivity index (χ1n) is 8.10. The average molecular weight is 342 g/mol. The molecule has 2 aromatic rings. The van der Waals surface area contributed by atoms with Gasteiger partial charge in [-0.3, -0.25) is 9.59 Å². The van der Waals surface area contributed by atoms with Gasteiger partial charge in [0.15, 0.2) is 0 Å². The van der Waals surface area contributed by atoms with E-state index >= 15 is 0 Å². The van der Waals surface area contributed by atoms with Crippen molar-refractivity contribution >= 4 is 17.5 Å². The minimum absolute atomic E-state index is 0.0106. The van der Waals surface area contributed by atoms with Crippen LogP contribution < -0.4 is 10.1 Å². The first-order valence-corrected chi connectivity index (χ1v) is 8.10. The van der Waals surface area contributed by atoms with Crippen LogP contribution in [0.1, 0.15) is 23.2 Å². The molecule has 1 saturated heterocycles. The Balaban J connectivity index is 1.75. The van der Waals surface area contributed by atoms with Crippen molar-refractivity contribution < 1.29 is 18.7 Å². The minimum Gasteiger partial charge on any atom is -0.497 e. The third-order valence-corrected chi connectivity index (χ3v) is 4.26. The molecule has 5 nitrogen and oxygen atoms in total. The molecule has 1 aliphatic heterocycles. The van der Waals surface area contributed by atoms with Gasteiger partial charge in [0.25, 0.3) is 5.91 Å². The van der Waals surface area contributed by atoms with Crippen molar-refractivity contribution in [3.63, 3.8) is 0 Å². The predicted molar refractivity (Wildman–Crippen MR) is 92.1 cm³/mol. The SMILES string of the molecule is COc1cccc(NC(=O)[C@@H]2CCCN2C(=O)c2ccccc2F)c1. The summed E-state index contributed by atoms with van der Waals surface area (Å²) in [4.78, 5) is 26.7. The summed E-state index contributed by atoms with van der Waals surface area (Å²) < 4.78 is 19.0. The van der Waals surface area contributed by atoms with Gasteiger partial charge in [-0.05, 0) is 37.1 Å². The van der Waals surface area contributed by atoms with E-state index in [1.807, 2.05) is 0 Å². The van der Waals surface area contributed by atoms with Crippen LogP contribution in [-0.2, 0) is 4.79 Å². The van der Waals surface area contributed by atoms with Crippen LogP contribution in [0.15, 0.2) is 48.5 Å². The normalized spacial score (nSPS) is 16.6. The number of hydrogen-bond acceptors (Lipinski definition) is 3. The van der Waals surface area contributed by atoms with E-state index in [0.717, 1.165) is 0 Å². The topological polar surface area (TPSA) is 58.6 Å². The van der Waals surface area contributed by atoms with E-state index in [1.54, 1.807) is 37.4 Å². The molecule has 0 saturated carbocycles. The van der Waals surface area contributed by atoms with Gasteiger partial charge in [-0.2, -0.15) is 0 Å². The molecule has 0 radical (unpaired) electrons. The Labute approximate surface area is 145 Å². The number of nitrogens with one attached hydrogen (secondary N) is 1. The third kappa shape index (κ3) is 3.63. The van der Waals surface area contributed by atoms with E-state index in [1.165, 1.54) is 23.1 Å². The van der Waals surface area contributed by atoms with Gasteiger partial charge in [-0.25, -0.2) is 4.39 Å². The van der Waals surface area contributed by atoms with Crippen molar-refractivity contribution in [2.24, 2.45) is 0 Å². The number of methoxy groups -OCH3 is 1. The van der Waals surface area contributed by atoms with Gasteiger partial charge in [-0.1, -0.05) is 18.2 Å². The van der Waals surface area contributed by atoms with Crippen molar-refractivity contribution in [2.45, 2.75) is 18.9 Å². The molecular formula is C19H19FN2O3. The quantitative estimate of drug-likeness (QED) is 0.929. The van der Waals surface area contributed by atoms with Gasteiger partial charge in [0.1, 0.15) is 17.6 Å². The zero-order valence-corrected chi connectivity index (χ0v) is 13.9. The van der Waals surface area contributed by atoms with Crippen LogP contribution in [-0.4, -0.2) is 36.4 Å². The second-order valence-corrected chi connectivity index (χ2v) is 5.86. The molecule has 130 valence electrons. The van der Waals surface area contributed by atoms with Crippen molar-refractivity contribution in [2.75, 3.05) is 19.0 Å². The van der Waals surface area contributed by atoms with Gasteiger partial charge in [0, 0.05) is 18.3 Å². The van der Waals surface area contributed by atoms with Gasteiger partial charge >= 0.3 is 0 Å². The highest BCUT2D eigenvalue weighted by molar-refractivity contribution is 6.01. The number of anilines is 1. The lowest BCUT2D eigenvalue weighted by Gasteiger charge is -2.24. The molecule has 1 fully saturated rings. The maximum atomic E-state index is 13.9. The fourth-order valence-electron chi connectivity index (χ4n) is 3.00. The van der Waals surface area contributed by atoms with Crippen LogP contribution in [0.3, 0.4) is 0 Å². The zero-order chi connectivity index (χ0) is 17.8. The summed E-state index contributed by atoms with van der Waals surface area (Å²) in [6.45, 7) is 0.434. The fraction of sp³-hybridized carbons (Fsp3) is 0.263. The summed E-state index contributed by atoms with van der Waals surface area (Å²) in [5.74, 6) is -0.688. The van der Waals surface area contributed by atoms with E-state index in [4.69, 9.17) is 4.74 Å². The van der Waals surface area contributed by atoms with Crippen LogP contribution in [0.5, 0.6) is 5.75 Å². The van der Waals surface area contributed by atoms with E-state index in [2.05, 4.69) is 5.32 Å². The standard InChI is InChI=1S/C19H19FN2O3/c1-25-14-7-4-6-13(12-14)21-18(23)17-10-5-11-22(17)19(24)15-8-2-3-9-16(15)20/h2-4,6-9,12,17H,5,10-11H2,1H3,(H,21,23)/t17-/m0/s1. The molecule has 0 unspecified atom stereocenters. The second-order valence-electron chi connectivity index (χ2n) is 5.86. The first-order chi connectivity index (χ1) is 12.1.